The number of carbonyl (C=O) groups is 1. The van der Waals surface area contributed by atoms with Gasteiger partial charge in [-0.15, -0.1) is 0 Å². The average molecular weight is 265 g/mol. The van der Waals surface area contributed by atoms with E-state index in [1.165, 1.54) is 24.3 Å². The molecule has 2 rings (SSSR count). The fourth-order valence-corrected chi connectivity index (χ4v) is 1.61. The van der Waals surface area contributed by atoms with E-state index in [1.807, 2.05) is 6.07 Å². The van der Waals surface area contributed by atoms with Crippen LogP contribution in [0.3, 0.4) is 0 Å². The fraction of sp³-hybridized carbons (Fsp3) is 0. The van der Waals surface area contributed by atoms with Crippen molar-refractivity contribution in [1.29, 1.82) is 10.5 Å². The Hall–Kier alpha value is -3.18. The van der Waals surface area contributed by atoms with Crippen LogP contribution in [0.1, 0.15) is 21.5 Å². The molecule has 20 heavy (non-hydrogen) atoms. The molecule has 2 aromatic rings. The van der Waals surface area contributed by atoms with Crippen LogP contribution in [-0.2, 0) is 0 Å². The molecular formula is C15H8FN3O. The lowest BCUT2D eigenvalue weighted by molar-refractivity contribution is 0.102. The number of amides is 1. The first-order valence-electron chi connectivity index (χ1n) is 5.65. The van der Waals surface area contributed by atoms with Gasteiger partial charge in [0.15, 0.2) is 0 Å². The minimum Gasteiger partial charge on any atom is -0.319 e. The van der Waals surface area contributed by atoms with Crippen LogP contribution >= 0.6 is 0 Å². The number of benzene rings is 2. The van der Waals surface area contributed by atoms with E-state index in [2.05, 4.69) is 5.32 Å². The molecule has 4 nitrogen and oxygen atoms in total. The summed E-state index contributed by atoms with van der Waals surface area (Å²) in [4.78, 5) is 11.9. The summed E-state index contributed by atoms with van der Waals surface area (Å²) in [5, 5.41) is 19.8. The third kappa shape index (κ3) is 2.80. The summed E-state index contributed by atoms with van der Waals surface area (Å²) in [7, 11) is 0. The highest BCUT2D eigenvalue weighted by molar-refractivity contribution is 6.04. The van der Waals surface area contributed by atoms with E-state index < -0.39 is 11.7 Å². The van der Waals surface area contributed by atoms with Crippen LogP contribution in [0, 0.1) is 28.5 Å². The topological polar surface area (TPSA) is 76.7 Å². The molecule has 1 N–H and O–H groups in total. The molecular weight excluding hydrogens is 257 g/mol. The molecule has 0 aromatic heterocycles. The van der Waals surface area contributed by atoms with E-state index in [4.69, 9.17) is 10.5 Å². The Labute approximate surface area is 114 Å². The smallest absolute Gasteiger partial charge is 0.255 e. The third-order valence-electron chi connectivity index (χ3n) is 2.60. The highest BCUT2D eigenvalue weighted by Crippen LogP contribution is 2.16. The summed E-state index contributed by atoms with van der Waals surface area (Å²) >= 11 is 0. The van der Waals surface area contributed by atoms with Gasteiger partial charge >= 0.3 is 0 Å². The highest BCUT2D eigenvalue weighted by atomic mass is 19.1. The first-order valence-corrected chi connectivity index (χ1v) is 5.65. The van der Waals surface area contributed by atoms with Crippen LogP contribution in [0.15, 0.2) is 42.5 Å². The SMILES string of the molecule is N#Cc1cccc(C(=O)Nc2ccc(C#N)cc2F)c1. The lowest BCUT2D eigenvalue weighted by atomic mass is 10.1. The second-order valence-electron chi connectivity index (χ2n) is 3.95. The van der Waals surface area contributed by atoms with Crippen molar-refractivity contribution in [1.82, 2.24) is 0 Å². The number of rotatable bonds is 2. The Balaban J connectivity index is 2.24. The van der Waals surface area contributed by atoms with Crippen LogP contribution < -0.4 is 5.32 Å². The predicted molar refractivity (Wildman–Crippen MR) is 70.2 cm³/mol. The van der Waals surface area contributed by atoms with Gasteiger partial charge in [0.05, 0.1) is 29.0 Å². The van der Waals surface area contributed by atoms with Crippen molar-refractivity contribution in [3.05, 3.63) is 65.0 Å². The first-order chi connectivity index (χ1) is 9.63. The number of nitrogens with one attached hydrogen (secondary N) is 1. The van der Waals surface area contributed by atoms with Gasteiger partial charge in [0.1, 0.15) is 5.82 Å². The van der Waals surface area contributed by atoms with Crippen LogP contribution in [0.25, 0.3) is 0 Å². The average Bonchev–Trinajstić information content (AvgIpc) is 2.49. The molecule has 0 spiro atoms. The Morgan fingerprint density at radius 2 is 1.75 bits per heavy atom. The molecule has 0 fully saturated rings. The van der Waals surface area contributed by atoms with E-state index in [0.717, 1.165) is 6.07 Å². The van der Waals surface area contributed by atoms with E-state index in [9.17, 15) is 9.18 Å². The zero-order valence-electron chi connectivity index (χ0n) is 10.2. The van der Waals surface area contributed by atoms with Crippen molar-refractivity contribution in [2.24, 2.45) is 0 Å². The Kier molecular flexibility index (Phi) is 3.74. The molecule has 0 aliphatic rings. The number of carbonyl (C=O) groups excluding carboxylic acids is 1. The zero-order chi connectivity index (χ0) is 14.5. The second-order valence-corrected chi connectivity index (χ2v) is 3.95. The molecule has 0 saturated heterocycles. The monoisotopic (exact) mass is 265 g/mol. The van der Waals surface area contributed by atoms with Gasteiger partial charge in [-0.3, -0.25) is 4.79 Å². The maximum Gasteiger partial charge on any atom is 0.255 e. The van der Waals surface area contributed by atoms with Crippen molar-refractivity contribution >= 4 is 11.6 Å². The van der Waals surface area contributed by atoms with Gasteiger partial charge in [0.25, 0.3) is 5.91 Å². The Morgan fingerprint density at radius 1 is 1.05 bits per heavy atom. The molecule has 96 valence electrons. The van der Waals surface area contributed by atoms with Gasteiger partial charge in [0, 0.05) is 5.56 Å². The highest BCUT2D eigenvalue weighted by Gasteiger charge is 2.10. The summed E-state index contributed by atoms with van der Waals surface area (Å²) < 4.78 is 13.6. The zero-order valence-corrected chi connectivity index (χ0v) is 10.2. The molecule has 0 bridgehead atoms. The maximum atomic E-state index is 13.6. The van der Waals surface area contributed by atoms with Gasteiger partial charge in [-0.2, -0.15) is 10.5 Å². The van der Waals surface area contributed by atoms with Gasteiger partial charge < -0.3 is 5.32 Å². The van der Waals surface area contributed by atoms with Gasteiger partial charge in [-0.1, -0.05) is 6.07 Å². The van der Waals surface area contributed by atoms with Gasteiger partial charge in [-0.05, 0) is 36.4 Å². The van der Waals surface area contributed by atoms with Crippen LogP contribution in [0.5, 0.6) is 0 Å². The molecule has 5 heteroatoms. The van der Waals surface area contributed by atoms with Crippen LogP contribution in [0.2, 0.25) is 0 Å². The molecule has 0 saturated carbocycles. The third-order valence-corrected chi connectivity index (χ3v) is 2.60. The van der Waals surface area contributed by atoms with E-state index >= 15 is 0 Å². The number of hydrogen-bond donors (Lipinski definition) is 1. The summed E-state index contributed by atoms with van der Waals surface area (Å²) in [5.74, 6) is -1.21. The summed E-state index contributed by atoms with van der Waals surface area (Å²) in [5.41, 5.74) is 0.758. The summed E-state index contributed by atoms with van der Waals surface area (Å²) in [6.45, 7) is 0. The van der Waals surface area contributed by atoms with Gasteiger partial charge in [-0.25, -0.2) is 4.39 Å². The number of anilines is 1. The molecule has 2 aromatic carbocycles. The number of halogens is 1. The number of nitrogens with zero attached hydrogens (tertiary/aromatic N) is 2. The van der Waals surface area contributed by atoms with Crippen molar-refractivity contribution < 1.29 is 9.18 Å². The fourth-order valence-electron chi connectivity index (χ4n) is 1.61. The summed E-state index contributed by atoms with van der Waals surface area (Å²) in [6.07, 6.45) is 0. The van der Waals surface area contributed by atoms with E-state index in [0.29, 0.717) is 5.56 Å². The Morgan fingerprint density at radius 3 is 2.40 bits per heavy atom. The van der Waals surface area contributed by atoms with Crippen LogP contribution in [0.4, 0.5) is 10.1 Å². The van der Waals surface area contributed by atoms with E-state index in [1.54, 1.807) is 18.2 Å². The molecule has 0 heterocycles. The van der Waals surface area contributed by atoms with E-state index in [-0.39, 0.29) is 16.8 Å². The number of nitriles is 2. The van der Waals surface area contributed by atoms with Crippen molar-refractivity contribution in [2.45, 2.75) is 0 Å². The second kappa shape index (κ2) is 5.64. The predicted octanol–water partition coefficient (Wildman–Crippen LogP) is 2.82. The lowest BCUT2D eigenvalue weighted by Gasteiger charge is -2.06. The van der Waals surface area contributed by atoms with Crippen LogP contribution in [-0.4, -0.2) is 5.91 Å². The van der Waals surface area contributed by atoms with Crippen molar-refractivity contribution in [3.63, 3.8) is 0 Å². The normalized spacial score (nSPS) is 9.35. The lowest BCUT2D eigenvalue weighted by Crippen LogP contribution is -2.13. The largest absolute Gasteiger partial charge is 0.319 e. The molecule has 0 aliphatic carbocycles. The molecule has 0 radical (unpaired) electrons. The summed E-state index contributed by atoms with van der Waals surface area (Å²) in [6, 6.07) is 13.6. The first kappa shape index (κ1) is 13.3. The number of hydrogen-bond acceptors (Lipinski definition) is 3. The molecule has 0 aliphatic heterocycles. The molecule has 0 unspecified atom stereocenters. The molecule has 1 amide bonds. The molecule has 0 atom stereocenters. The maximum absolute atomic E-state index is 13.6. The Bertz CT molecular complexity index is 756. The van der Waals surface area contributed by atoms with Gasteiger partial charge in [0.2, 0.25) is 0 Å². The van der Waals surface area contributed by atoms with Crippen molar-refractivity contribution in [2.75, 3.05) is 5.32 Å². The quantitative estimate of drug-likeness (QED) is 0.906. The standard InChI is InChI=1S/C15H8FN3O/c16-13-7-11(9-18)4-5-14(13)19-15(20)12-3-1-2-10(6-12)8-17/h1-7H,(H,19,20). The minimum atomic E-state index is -0.686. The van der Waals surface area contributed by atoms with Crippen molar-refractivity contribution in [3.8, 4) is 12.1 Å². The minimum absolute atomic E-state index is 0.0173.